The predicted molar refractivity (Wildman–Crippen MR) is 60.2 cm³/mol. The summed E-state index contributed by atoms with van der Waals surface area (Å²) in [6, 6.07) is 15.8. The van der Waals surface area contributed by atoms with E-state index in [0.717, 1.165) is 6.54 Å². The van der Waals surface area contributed by atoms with Crippen molar-refractivity contribution in [3.8, 4) is 0 Å². The first-order valence-electron chi connectivity index (χ1n) is 4.80. The van der Waals surface area contributed by atoms with Gasteiger partial charge in [-0.25, -0.2) is 0 Å². The van der Waals surface area contributed by atoms with Crippen LogP contribution in [0.4, 0.5) is 0 Å². The SMILES string of the molecule is CN(C)Cc1cccc2ccc[c-]c12.[Li+]. The maximum absolute atomic E-state index is 3.30. The van der Waals surface area contributed by atoms with Crippen LogP contribution in [0.25, 0.3) is 10.8 Å². The minimum Gasteiger partial charge on any atom is -0.314 e. The molecule has 0 amide bonds. The van der Waals surface area contributed by atoms with Crippen LogP contribution >= 0.6 is 0 Å². The summed E-state index contributed by atoms with van der Waals surface area (Å²) in [5.41, 5.74) is 1.34. The van der Waals surface area contributed by atoms with E-state index in [-0.39, 0.29) is 18.9 Å². The summed E-state index contributed by atoms with van der Waals surface area (Å²) >= 11 is 0. The molecule has 0 unspecified atom stereocenters. The quantitative estimate of drug-likeness (QED) is 0.465. The molecule has 1 nitrogen and oxygen atoms in total. The first kappa shape index (κ1) is 12.3. The number of nitrogens with zero attached hydrogens (tertiary/aromatic N) is 1. The van der Waals surface area contributed by atoms with E-state index in [4.69, 9.17) is 0 Å². The van der Waals surface area contributed by atoms with E-state index in [1.165, 1.54) is 16.3 Å². The van der Waals surface area contributed by atoms with Gasteiger partial charge in [0.2, 0.25) is 0 Å². The zero-order valence-electron chi connectivity index (χ0n) is 9.62. The third kappa shape index (κ3) is 2.86. The zero-order chi connectivity index (χ0) is 9.97. The van der Waals surface area contributed by atoms with Gasteiger partial charge < -0.3 is 4.90 Å². The number of rotatable bonds is 2. The Labute approximate surface area is 103 Å². The van der Waals surface area contributed by atoms with Crippen molar-refractivity contribution >= 4 is 10.8 Å². The van der Waals surface area contributed by atoms with E-state index < -0.39 is 0 Å². The second kappa shape index (κ2) is 5.37. The normalized spacial score (nSPS) is 10.3. The fourth-order valence-corrected chi connectivity index (χ4v) is 1.69. The Morgan fingerprint density at radius 1 is 1.13 bits per heavy atom. The molecule has 72 valence electrons. The van der Waals surface area contributed by atoms with Crippen molar-refractivity contribution in [2.24, 2.45) is 0 Å². The Bertz CT molecular complexity index is 432. The van der Waals surface area contributed by atoms with Gasteiger partial charge in [-0.15, -0.1) is 40.6 Å². The van der Waals surface area contributed by atoms with Crippen LogP contribution in [0.15, 0.2) is 36.4 Å². The van der Waals surface area contributed by atoms with Gasteiger partial charge in [0.25, 0.3) is 0 Å². The van der Waals surface area contributed by atoms with E-state index >= 15 is 0 Å². The van der Waals surface area contributed by atoms with Gasteiger partial charge in [-0.2, -0.15) is 0 Å². The Hall–Kier alpha value is -0.743. The fraction of sp³-hybridized carbons (Fsp3) is 0.231. The first-order valence-corrected chi connectivity index (χ1v) is 4.80. The van der Waals surface area contributed by atoms with Gasteiger partial charge in [0.1, 0.15) is 0 Å². The van der Waals surface area contributed by atoms with Crippen LogP contribution in [0.5, 0.6) is 0 Å². The van der Waals surface area contributed by atoms with E-state index in [0.29, 0.717) is 0 Å². The average molecular weight is 191 g/mol. The van der Waals surface area contributed by atoms with Gasteiger partial charge in [-0.05, 0) is 20.6 Å². The molecule has 0 heterocycles. The van der Waals surface area contributed by atoms with Crippen molar-refractivity contribution in [1.82, 2.24) is 4.90 Å². The van der Waals surface area contributed by atoms with Gasteiger partial charge in [0, 0.05) is 0 Å². The molecule has 2 aromatic carbocycles. The maximum Gasteiger partial charge on any atom is 1.00 e. The predicted octanol–water partition coefficient (Wildman–Crippen LogP) is -0.294. The molecule has 0 aliphatic rings. The van der Waals surface area contributed by atoms with Crippen LogP contribution in [-0.2, 0) is 6.54 Å². The van der Waals surface area contributed by atoms with E-state index in [2.05, 4.69) is 49.3 Å². The van der Waals surface area contributed by atoms with Crippen molar-refractivity contribution in [3.63, 3.8) is 0 Å². The van der Waals surface area contributed by atoms with Crippen LogP contribution in [0.1, 0.15) is 5.56 Å². The van der Waals surface area contributed by atoms with Crippen LogP contribution in [0.3, 0.4) is 0 Å². The van der Waals surface area contributed by atoms with Gasteiger partial charge >= 0.3 is 18.9 Å². The van der Waals surface area contributed by atoms with Crippen molar-refractivity contribution in [3.05, 3.63) is 48.0 Å². The summed E-state index contributed by atoms with van der Waals surface area (Å²) in [5, 5.41) is 2.51. The van der Waals surface area contributed by atoms with Gasteiger partial charge in [-0.3, -0.25) is 0 Å². The summed E-state index contributed by atoms with van der Waals surface area (Å²) in [7, 11) is 4.17. The van der Waals surface area contributed by atoms with Crippen LogP contribution in [0, 0.1) is 6.07 Å². The monoisotopic (exact) mass is 191 g/mol. The largest absolute Gasteiger partial charge is 1.00 e. The molecule has 0 saturated heterocycles. The number of fused-ring (bicyclic) bond motifs is 1. The third-order valence-electron chi connectivity index (χ3n) is 2.27. The van der Waals surface area contributed by atoms with E-state index in [9.17, 15) is 0 Å². The molecule has 0 atom stereocenters. The number of hydrogen-bond donors (Lipinski definition) is 0. The summed E-state index contributed by atoms with van der Waals surface area (Å²) in [6.07, 6.45) is 0. The number of hydrogen-bond acceptors (Lipinski definition) is 1. The molecule has 2 heteroatoms. The van der Waals surface area contributed by atoms with Crippen LogP contribution in [0.2, 0.25) is 0 Å². The molecule has 0 spiro atoms. The van der Waals surface area contributed by atoms with Crippen LogP contribution < -0.4 is 18.9 Å². The molecule has 15 heavy (non-hydrogen) atoms. The fourth-order valence-electron chi connectivity index (χ4n) is 1.69. The Morgan fingerprint density at radius 2 is 1.87 bits per heavy atom. The van der Waals surface area contributed by atoms with Gasteiger partial charge in [-0.1, -0.05) is 18.2 Å². The Balaban J connectivity index is 0.00000112. The van der Waals surface area contributed by atoms with Crippen LogP contribution in [-0.4, -0.2) is 19.0 Å². The zero-order valence-corrected chi connectivity index (χ0v) is 9.62. The molecule has 0 bridgehead atoms. The summed E-state index contributed by atoms with van der Waals surface area (Å²) < 4.78 is 0. The molecule has 0 aliphatic carbocycles. The molecule has 0 fully saturated rings. The minimum atomic E-state index is 0. The van der Waals surface area contributed by atoms with Crippen molar-refractivity contribution in [2.75, 3.05) is 14.1 Å². The molecule has 2 aromatic rings. The second-order valence-electron chi connectivity index (χ2n) is 3.79. The molecule has 2 rings (SSSR count). The van der Waals surface area contributed by atoms with Crippen molar-refractivity contribution in [2.45, 2.75) is 6.54 Å². The van der Waals surface area contributed by atoms with Crippen molar-refractivity contribution in [1.29, 1.82) is 0 Å². The van der Waals surface area contributed by atoms with Gasteiger partial charge in [0.05, 0.1) is 0 Å². The molecule has 0 aliphatic heterocycles. The molecule has 0 N–H and O–H groups in total. The topological polar surface area (TPSA) is 3.24 Å². The van der Waals surface area contributed by atoms with Gasteiger partial charge in [0.15, 0.2) is 0 Å². The summed E-state index contributed by atoms with van der Waals surface area (Å²) in [5.74, 6) is 0. The average Bonchev–Trinajstić information content (AvgIpc) is 2.18. The number of benzene rings is 2. The molecule has 0 radical (unpaired) electrons. The van der Waals surface area contributed by atoms with E-state index in [1.807, 2.05) is 12.1 Å². The minimum absolute atomic E-state index is 0. The Kier molecular flexibility index (Phi) is 4.41. The molecular weight excluding hydrogens is 177 g/mol. The summed E-state index contributed by atoms with van der Waals surface area (Å²) in [4.78, 5) is 2.18. The maximum atomic E-state index is 3.30. The smallest absolute Gasteiger partial charge is 0.314 e. The standard InChI is InChI=1S/C13H14N.Li/c1-14(2)10-12-8-5-7-11-6-3-4-9-13(11)12;/h3-8H,10H2,1-2H3;/q-1;+1. The van der Waals surface area contributed by atoms with E-state index in [1.54, 1.807) is 0 Å². The molecule has 0 saturated carbocycles. The summed E-state index contributed by atoms with van der Waals surface area (Å²) in [6.45, 7) is 0.970. The second-order valence-corrected chi connectivity index (χ2v) is 3.79. The molecular formula is C13H14LiN. The molecule has 0 aromatic heterocycles. The third-order valence-corrected chi connectivity index (χ3v) is 2.27. The Morgan fingerprint density at radius 3 is 2.60 bits per heavy atom. The first-order chi connectivity index (χ1) is 6.77. The van der Waals surface area contributed by atoms with Crippen molar-refractivity contribution < 1.29 is 18.9 Å².